The molecule has 1 aliphatic rings. The molecule has 0 aromatic carbocycles. The molecule has 1 aliphatic heterocycles. The molecule has 0 aliphatic carbocycles. The fourth-order valence-electron chi connectivity index (χ4n) is 2.90. The van der Waals surface area contributed by atoms with E-state index in [9.17, 15) is 18.0 Å². The molecule has 7 heteroatoms. The van der Waals surface area contributed by atoms with Crippen molar-refractivity contribution in [3.63, 3.8) is 0 Å². The summed E-state index contributed by atoms with van der Waals surface area (Å²) in [6.45, 7) is 3.54. The zero-order chi connectivity index (χ0) is 16.3. The molecule has 1 N–H and O–H groups in total. The zero-order valence-electron chi connectivity index (χ0n) is 12.7. The number of halogens is 3. The van der Waals surface area contributed by atoms with Crippen molar-refractivity contribution in [2.75, 3.05) is 6.54 Å². The van der Waals surface area contributed by atoms with Gasteiger partial charge in [-0.05, 0) is 31.4 Å². The van der Waals surface area contributed by atoms with Crippen molar-refractivity contribution in [1.82, 2.24) is 15.2 Å². The normalized spacial score (nSPS) is 23.3. The third kappa shape index (κ3) is 4.19. The van der Waals surface area contributed by atoms with Gasteiger partial charge >= 0.3 is 6.18 Å². The van der Waals surface area contributed by atoms with E-state index in [2.05, 4.69) is 10.3 Å². The predicted molar refractivity (Wildman–Crippen MR) is 76.1 cm³/mol. The number of hydrogen-bond acceptors (Lipinski definition) is 3. The van der Waals surface area contributed by atoms with Crippen LogP contribution in [0, 0.1) is 6.92 Å². The summed E-state index contributed by atoms with van der Waals surface area (Å²) < 4.78 is 39.7. The lowest BCUT2D eigenvalue weighted by molar-refractivity contribution is -0.194. The average Bonchev–Trinajstić information content (AvgIpc) is 2.39. The van der Waals surface area contributed by atoms with Crippen LogP contribution in [0.1, 0.15) is 31.0 Å². The van der Waals surface area contributed by atoms with Crippen LogP contribution in [0.4, 0.5) is 13.2 Å². The highest BCUT2D eigenvalue weighted by atomic mass is 19.4. The van der Waals surface area contributed by atoms with Gasteiger partial charge in [0.25, 0.3) is 0 Å². The molecule has 1 aromatic heterocycles. The number of aryl methyl sites for hydroxylation is 1. The van der Waals surface area contributed by atoms with Gasteiger partial charge in [-0.25, -0.2) is 0 Å². The first kappa shape index (κ1) is 16.7. The van der Waals surface area contributed by atoms with Gasteiger partial charge in [0.15, 0.2) is 0 Å². The van der Waals surface area contributed by atoms with Crippen molar-refractivity contribution in [1.29, 1.82) is 0 Å². The molecular formula is C15H20F3N3O. The van der Waals surface area contributed by atoms with Crippen molar-refractivity contribution in [2.24, 2.45) is 0 Å². The van der Waals surface area contributed by atoms with Crippen LogP contribution in [0.3, 0.4) is 0 Å². The van der Waals surface area contributed by atoms with E-state index in [1.807, 2.05) is 0 Å². The van der Waals surface area contributed by atoms with Gasteiger partial charge in [0.05, 0.1) is 0 Å². The Bertz CT molecular complexity index is 533. The Morgan fingerprint density at radius 3 is 2.77 bits per heavy atom. The van der Waals surface area contributed by atoms with Crippen molar-refractivity contribution < 1.29 is 18.0 Å². The number of carbonyl (C=O) groups excluding carboxylic acids is 1. The number of rotatable bonds is 3. The molecule has 1 saturated heterocycles. The van der Waals surface area contributed by atoms with E-state index in [4.69, 9.17) is 0 Å². The minimum absolute atomic E-state index is 0.00619. The Balaban J connectivity index is 2.16. The summed E-state index contributed by atoms with van der Waals surface area (Å²) in [6, 6.07) is 1.79. The maximum Gasteiger partial charge on any atom is 0.404 e. The smallest absolute Gasteiger partial charge is 0.352 e. The molecule has 122 valence electrons. The molecule has 2 heterocycles. The summed E-state index contributed by atoms with van der Waals surface area (Å²) in [6.07, 6.45) is -2.31. The summed E-state index contributed by atoms with van der Waals surface area (Å²) in [5.74, 6) is -0.215. The first-order valence-electron chi connectivity index (χ1n) is 7.25. The van der Waals surface area contributed by atoms with Gasteiger partial charge in [-0.1, -0.05) is 6.07 Å². The van der Waals surface area contributed by atoms with Crippen molar-refractivity contribution in [3.8, 4) is 0 Å². The van der Waals surface area contributed by atoms with E-state index >= 15 is 0 Å². The summed E-state index contributed by atoms with van der Waals surface area (Å²) in [4.78, 5) is 16.7. The summed E-state index contributed by atoms with van der Waals surface area (Å²) in [5, 5.41) is 2.72. The van der Waals surface area contributed by atoms with E-state index in [1.54, 1.807) is 25.3 Å². The Labute approximate surface area is 127 Å². The third-order valence-corrected chi connectivity index (χ3v) is 3.96. The van der Waals surface area contributed by atoms with Crippen molar-refractivity contribution in [2.45, 2.75) is 51.5 Å². The average molecular weight is 315 g/mol. The number of nitrogens with one attached hydrogen (secondary N) is 1. The molecule has 0 spiro atoms. The Morgan fingerprint density at radius 1 is 1.45 bits per heavy atom. The number of nitrogens with zero attached hydrogens (tertiary/aromatic N) is 2. The fraction of sp³-hybridized carbons (Fsp3) is 0.600. The predicted octanol–water partition coefficient (Wildman–Crippen LogP) is 2.42. The maximum atomic E-state index is 13.2. The first-order valence-corrected chi connectivity index (χ1v) is 7.25. The lowest BCUT2D eigenvalue weighted by Crippen LogP contribution is -2.55. The monoisotopic (exact) mass is 315 g/mol. The molecule has 1 fully saturated rings. The van der Waals surface area contributed by atoms with Crippen LogP contribution in [-0.4, -0.2) is 40.6 Å². The topological polar surface area (TPSA) is 45.2 Å². The van der Waals surface area contributed by atoms with Crippen LogP contribution in [0.5, 0.6) is 0 Å². The van der Waals surface area contributed by atoms with E-state index in [0.717, 1.165) is 11.3 Å². The summed E-state index contributed by atoms with van der Waals surface area (Å²) in [7, 11) is 0. The molecule has 22 heavy (non-hydrogen) atoms. The number of alkyl halides is 3. The molecule has 2 unspecified atom stereocenters. The second-order valence-corrected chi connectivity index (χ2v) is 5.71. The third-order valence-electron chi connectivity index (χ3n) is 3.96. The van der Waals surface area contributed by atoms with Gasteiger partial charge in [0.2, 0.25) is 5.91 Å². The second-order valence-electron chi connectivity index (χ2n) is 5.71. The van der Waals surface area contributed by atoms with Gasteiger partial charge in [-0.3, -0.25) is 14.7 Å². The number of likely N-dealkylation sites (tertiary alicyclic amines) is 1. The van der Waals surface area contributed by atoms with E-state index in [1.165, 1.54) is 11.8 Å². The van der Waals surface area contributed by atoms with Gasteiger partial charge in [0.1, 0.15) is 6.04 Å². The Kier molecular flexibility index (Phi) is 5.05. The van der Waals surface area contributed by atoms with Gasteiger partial charge in [-0.2, -0.15) is 13.2 Å². The largest absolute Gasteiger partial charge is 0.404 e. The molecule has 2 rings (SSSR count). The Hall–Kier alpha value is -1.63. The van der Waals surface area contributed by atoms with E-state index in [0.29, 0.717) is 6.42 Å². The molecule has 2 atom stereocenters. The lowest BCUT2D eigenvalue weighted by atomic mass is 9.96. The number of pyridine rings is 1. The number of amides is 1. The number of aromatic nitrogens is 1. The molecule has 4 nitrogen and oxygen atoms in total. The molecule has 1 aromatic rings. The molecule has 0 radical (unpaired) electrons. The standard InChI is InChI=1S/C15H20F3N3O/c1-10-12(4-3-7-19-10)8-21-9-13(20-11(2)22)5-6-14(21)15(16,17)18/h3-4,7,13-14H,5-6,8-9H2,1-2H3,(H,20,22). The summed E-state index contributed by atoms with van der Waals surface area (Å²) in [5.41, 5.74) is 1.50. The molecule has 0 saturated carbocycles. The van der Waals surface area contributed by atoms with Crippen LogP contribution >= 0.6 is 0 Å². The molecule has 0 bridgehead atoms. The first-order chi connectivity index (χ1) is 10.3. The number of carbonyl (C=O) groups is 1. The van der Waals surface area contributed by atoms with Crippen LogP contribution < -0.4 is 5.32 Å². The highest BCUT2D eigenvalue weighted by Crippen LogP contribution is 2.33. The quantitative estimate of drug-likeness (QED) is 0.932. The SMILES string of the molecule is CC(=O)NC1CCC(C(F)(F)F)N(Cc2cccnc2C)C1. The van der Waals surface area contributed by atoms with Crippen LogP contribution in [0.15, 0.2) is 18.3 Å². The lowest BCUT2D eigenvalue weighted by Gasteiger charge is -2.40. The van der Waals surface area contributed by atoms with Crippen molar-refractivity contribution in [3.05, 3.63) is 29.6 Å². The van der Waals surface area contributed by atoms with Gasteiger partial charge in [0, 0.05) is 37.9 Å². The summed E-state index contributed by atoms with van der Waals surface area (Å²) >= 11 is 0. The fourth-order valence-corrected chi connectivity index (χ4v) is 2.90. The minimum Gasteiger partial charge on any atom is -0.352 e. The number of hydrogen-bond donors (Lipinski definition) is 1. The molecule has 1 amide bonds. The van der Waals surface area contributed by atoms with E-state index in [-0.39, 0.29) is 31.5 Å². The van der Waals surface area contributed by atoms with Gasteiger partial charge < -0.3 is 5.32 Å². The highest BCUT2D eigenvalue weighted by Gasteiger charge is 2.46. The maximum absolute atomic E-state index is 13.2. The number of piperidine rings is 1. The van der Waals surface area contributed by atoms with Crippen LogP contribution in [0.2, 0.25) is 0 Å². The minimum atomic E-state index is -4.27. The molecular weight excluding hydrogens is 295 g/mol. The van der Waals surface area contributed by atoms with Crippen LogP contribution in [0.25, 0.3) is 0 Å². The van der Waals surface area contributed by atoms with Gasteiger partial charge in [-0.15, -0.1) is 0 Å². The Morgan fingerprint density at radius 2 is 2.18 bits per heavy atom. The zero-order valence-corrected chi connectivity index (χ0v) is 12.7. The van der Waals surface area contributed by atoms with E-state index < -0.39 is 12.2 Å². The van der Waals surface area contributed by atoms with Crippen LogP contribution in [-0.2, 0) is 11.3 Å². The van der Waals surface area contributed by atoms with Crippen molar-refractivity contribution >= 4 is 5.91 Å². The highest BCUT2D eigenvalue weighted by molar-refractivity contribution is 5.73. The second kappa shape index (κ2) is 6.64.